The highest BCUT2D eigenvalue weighted by atomic mass is 32.1. The summed E-state index contributed by atoms with van der Waals surface area (Å²) in [5, 5.41) is 9.69. The Hall–Kier alpha value is -2.51. The second-order valence-corrected chi connectivity index (χ2v) is 8.24. The number of nitrogens with zero attached hydrogens (tertiary/aromatic N) is 1. The summed E-state index contributed by atoms with van der Waals surface area (Å²) in [4.78, 5) is 4.62. The fourth-order valence-electron chi connectivity index (χ4n) is 3.58. The molecule has 1 aliphatic heterocycles. The molecule has 0 spiro atoms. The number of rotatable bonds is 4. The number of halogens is 3. The zero-order chi connectivity index (χ0) is 20.4. The van der Waals surface area contributed by atoms with Crippen LogP contribution in [0.1, 0.15) is 16.0 Å². The third-order valence-corrected chi connectivity index (χ3v) is 6.12. The third kappa shape index (κ3) is 5.10. The smallest absolute Gasteiger partial charge is 0.508 e. The van der Waals surface area contributed by atoms with Gasteiger partial charge in [0.25, 0.3) is 0 Å². The summed E-state index contributed by atoms with van der Waals surface area (Å²) in [6, 6.07) is 15.6. The predicted molar refractivity (Wildman–Crippen MR) is 107 cm³/mol. The molecule has 0 bridgehead atoms. The van der Waals surface area contributed by atoms with Gasteiger partial charge in [-0.25, -0.2) is 0 Å². The lowest BCUT2D eigenvalue weighted by Crippen LogP contribution is -2.25. The molecule has 2 heterocycles. The quantitative estimate of drug-likeness (QED) is 0.596. The van der Waals surface area contributed by atoms with Crippen LogP contribution in [0.15, 0.2) is 54.6 Å². The molecule has 0 saturated heterocycles. The van der Waals surface area contributed by atoms with E-state index in [9.17, 15) is 18.3 Å². The van der Waals surface area contributed by atoms with E-state index in [0.717, 1.165) is 42.9 Å². The molecular weight excluding hydrogens is 399 g/mol. The molecule has 0 atom stereocenters. The van der Waals surface area contributed by atoms with Crippen LogP contribution in [-0.2, 0) is 19.4 Å². The minimum Gasteiger partial charge on any atom is -0.508 e. The van der Waals surface area contributed by atoms with Crippen molar-refractivity contribution in [3.8, 4) is 21.9 Å². The molecule has 3 nitrogen and oxygen atoms in total. The van der Waals surface area contributed by atoms with E-state index in [4.69, 9.17) is 0 Å². The van der Waals surface area contributed by atoms with Crippen LogP contribution in [0.25, 0.3) is 10.4 Å². The number of aromatic hydroxyl groups is 1. The Morgan fingerprint density at radius 2 is 1.66 bits per heavy atom. The molecule has 3 aromatic rings. The van der Waals surface area contributed by atoms with Crippen molar-refractivity contribution in [1.82, 2.24) is 4.90 Å². The Morgan fingerprint density at radius 1 is 0.931 bits per heavy atom. The Bertz CT molecular complexity index is 982. The van der Waals surface area contributed by atoms with Gasteiger partial charge in [0.15, 0.2) is 0 Å². The van der Waals surface area contributed by atoms with Crippen LogP contribution >= 0.6 is 11.3 Å². The van der Waals surface area contributed by atoms with Crippen LogP contribution < -0.4 is 4.74 Å². The van der Waals surface area contributed by atoms with Gasteiger partial charge in [0.1, 0.15) is 11.5 Å². The number of alkyl halides is 3. The molecule has 0 aliphatic carbocycles. The first-order chi connectivity index (χ1) is 13.9. The third-order valence-electron chi connectivity index (χ3n) is 5.00. The maximum Gasteiger partial charge on any atom is 0.573 e. The van der Waals surface area contributed by atoms with Crippen LogP contribution in [0.5, 0.6) is 11.5 Å². The normalized spacial score (nSPS) is 15.0. The minimum atomic E-state index is -4.68. The summed E-state index contributed by atoms with van der Waals surface area (Å²) < 4.78 is 40.8. The molecule has 2 aromatic carbocycles. The number of ether oxygens (including phenoxy) is 1. The molecule has 0 amide bonds. The van der Waals surface area contributed by atoms with Gasteiger partial charge in [-0.3, -0.25) is 4.90 Å². The van der Waals surface area contributed by atoms with Gasteiger partial charge in [0.05, 0.1) is 0 Å². The average Bonchev–Trinajstić information content (AvgIpc) is 3.03. The van der Waals surface area contributed by atoms with Crippen molar-refractivity contribution in [2.45, 2.75) is 25.7 Å². The second-order valence-electron chi connectivity index (χ2n) is 7.07. The zero-order valence-corrected chi connectivity index (χ0v) is 16.4. The van der Waals surface area contributed by atoms with Gasteiger partial charge in [-0.15, -0.1) is 24.5 Å². The summed E-state index contributed by atoms with van der Waals surface area (Å²) in [5.41, 5.74) is 3.37. The lowest BCUT2D eigenvalue weighted by Gasteiger charge is -2.18. The number of hydrogen-bond donors (Lipinski definition) is 1. The number of phenols is 1. The van der Waals surface area contributed by atoms with E-state index in [0.29, 0.717) is 5.75 Å². The average molecular weight is 419 g/mol. The van der Waals surface area contributed by atoms with Crippen LogP contribution in [0, 0.1) is 0 Å². The molecule has 7 heteroatoms. The molecule has 0 fully saturated rings. The lowest BCUT2D eigenvalue weighted by molar-refractivity contribution is -0.274. The molecule has 1 N–H and O–H groups in total. The van der Waals surface area contributed by atoms with E-state index in [-0.39, 0.29) is 5.75 Å². The number of fused-ring (bicyclic) bond motifs is 1. The Morgan fingerprint density at radius 3 is 2.38 bits per heavy atom. The van der Waals surface area contributed by atoms with E-state index in [1.54, 1.807) is 29.5 Å². The molecule has 29 heavy (non-hydrogen) atoms. The van der Waals surface area contributed by atoms with Crippen molar-refractivity contribution in [2.24, 2.45) is 0 Å². The fourth-order valence-corrected chi connectivity index (χ4v) is 4.63. The van der Waals surface area contributed by atoms with Gasteiger partial charge in [-0.1, -0.05) is 6.07 Å². The maximum atomic E-state index is 12.3. The molecule has 1 aromatic heterocycles. The van der Waals surface area contributed by atoms with Gasteiger partial charge in [-0.2, -0.15) is 0 Å². The fraction of sp³-hybridized carbons (Fsp3) is 0.273. The SMILES string of the molecule is Oc1ccc2c(c1)CCN(Cc1ccc(-c3ccc(OC(F)(F)F)cc3)s1)CC2. The maximum absolute atomic E-state index is 12.3. The van der Waals surface area contributed by atoms with E-state index in [1.807, 2.05) is 18.2 Å². The highest BCUT2D eigenvalue weighted by molar-refractivity contribution is 7.15. The summed E-state index contributed by atoms with van der Waals surface area (Å²) in [7, 11) is 0. The molecular formula is C22H20F3NO2S. The zero-order valence-electron chi connectivity index (χ0n) is 15.6. The van der Waals surface area contributed by atoms with Crippen LogP contribution in [-0.4, -0.2) is 29.5 Å². The first-order valence-electron chi connectivity index (χ1n) is 9.34. The van der Waals surface area contributed by atoms with Crippen LogP contribution in [0.4, 0.5) is 13.2 Å². The Balaban J connectivity index is 1.39. The van der Waals surface area contributed by atoms with Crippen molar-refractivity contribution < 1.29 is 23.0 Å². The van der Waals surface area contributed by atoms with Crippen molar-refractivity contribution in [3.05, 3.63) is 70.6 Å². The minimum absolute atomic E-state index is 0.215. The van der Waals surface area contributed by atoms with Gasteiger partial charge >= 0.3 is 6.36 Å². The first-order valence-corrected chi connectivity index (χ1v) is 10.2. The van der Waals surface area contributed by atoms with Crippen LogP contribution in [0.2, 0.25) is 0 Å². The predicted octanol–water partition coefficient (Wildman–Crippen LogP) is 5.62. The van der Waals surface area contributed by atoms with Gasteiger partial charge < -0.3 is 9.84 Å². The van der Waals surface area contributed by atoms with E-state index < -0.39 is 6.36 Å². The Labute approximate surface area is 171 Å². The molecule has 0 saturated carbocycles. The standard InChI is InChI=1S/C22H20F3NO2S/c23-22(24,25)28-19-5-2-16(3-6-19)21-8-7-20(29-21)14-26-11-9-15-1-4-18(27)13-17(15)10-12-26/h1-8,13,27H,9-12,14H2. The molecule has 1 aliphatic rings. The number of hydrogen-bond acceptors (Lipinski definition) is 4. The van der Waals surface area contributed by atoms with Gasteiger partial charge in [0.2, 0.25) is 0 Å². The molecule has 0 unspecified atom stereocenters. The monoisotopic (exact) mass is 419 g/mol. The summed E-state index contributed by atoms with van der Waals surface area (Å²) in [5.74, 6) is 0.0972. The van der Waals surface area contributed by atoms with Gasteiger partial charge in [0, 0.05) is 29.4 Å². The summed E-state index contributed by atoms with van der Waals surface area (Å²) >= 11 is 1.65. The van der Waals surface area contributed by atoms with Crippen molar-refractivity contribution in [3.63, 3.8) is 0 Å². The number of benzene rings is 2. The molecule has 0 radical (unpaired) electrons. The first kappa shape index (κ1) is 19.8. The van der Waals surface area contributed by atoms with E-state index in [1.165, 1.54) is 28.1 Å². The van der Waals surface area contributed by atoms with Crippen molar-refractivity contribution in [2.75, 3.05) is 13.1 Å². The van der Waals surface area contributed by atoms with E-state index in [2.05, 4.69) is 15.7 Å². The van der Waals surface area contributed by atoms with Gasteiger partial charge in [-0.05, 0) is 78.1 Å². The number of phenolic OH excluding ortho intramolecular Hbond substituents is 1. The highest BCUT2D eigenvalue weighted by Crippen LogP contribution is 2.32. The number of thiophene rings is 1. The summed E-state index contributed by atoms with van der Waals surface area (Å²) in [6.45, 7) is 2.71. The molecule has 4 rings (SSSR count). The topological polar surface area (TPSA) is 32.7 Å². The summed E-state index contributed by atoms with van der Waals surface area (Å²) in [6.07, 6.45) is -2.82. The van der Waals surface area contributed by atoms with Crippen molar-refractivity contribution in [1.29, 1.82) is 0 Å². The highest BCUT2D eigenvalue weighted by Gasteiger charge is 2.31. The largest absolute Gasteiger partial charge is 0.573 e. The lowest BCUT2D eigenvalue weighted by atomic mass is 10.0. The van der Waals surface area contributed by atoms with Crippen molar-refractivity contribution >= 4 is 11.3 Å². The Kier molecular flexibility index (Phi) is 5.52. The van der Waals surface area contributed by atoms with Crippen LogP contribution in [0.3, 0.4) is 0 Å². The van der Waals surface area contributed by atoms with E-state index >= 15 is 0 Å². The molecule has 152 valence electrons. The second kappa shape index (κ2) is 8.08.